The summed E-state index contributed by atoms with van der Waals surface area (Å²) in [5, 5.41) is 8.48. The number of nitrogens with zero attached hydrogens (tertiary/aromatic N) is 3. The van der Waals surface area contributed by atoms with E-state index in [1.165, 1.54) is 11.8 Å². The minimum absolute atomic E-state index is 0.0219. The number of hydrogen-bond acceptors (Lipinski definition) is 7. The molecule has 0 spiro atoms. The van der Waals surface area contributed by atoms with E-state index in [0.29, 0.717) is 22.8 Å². The maximum absolute atomic E-state index is 5.70. The Morgan fingerprint density at radius 3 is 2.53 bits per heavy atom. The van der Waals surface area contributed by atoms with Gasteiger partial charge in [0, 0.05) is 5.41 Å². The lowest BCUT2D eigenvalue weighted by molar-refractivity contribution is 0.389. The van der Waals surface area contributed by atoms with E-state index in [0.717, 1.165) is 11.5 Å². The maximum Gasteiger partial charge on any atom is 0.277 e. The molecule has 0 bridgehead atoms. The topological polar surface area (TPSA) is 65.0 Å². The molecule has 0 aromatic carbocycles. The molecule has 7 heteroatoms. The summed E-state index contributed by atoms with van der Waals surface area (Å²) in [4.78, 5) is 4.26. The van der Waals surface area contributed by atoms with E-state index >= 15 is 0 Å². The highest BCUT2D eigenvalue weighted by atomic mass is 32.2. The first-order valence-electron chi connectivity index (χ1n) is 5.88. The van der Waals surface area contributed by atoms with Gasteiger partial charge in [-0.05, 0) is 6.26 Å². The molecule has 0 fully saturated rings. The van der Waals surface area contributed by atoms with Gasteiger partial charge in [0.15, 0.2) is 0 Å². The Balaban J connectivity index is 1.93. The molecule has 0 unspecified atom stereocenters. The minimum atomic E-state index is -0.0219. The zero-order valence-electron chi connectivity index (χ0n) is 11.5. The fraction of sp³-hybridized carbons (Fsp3) is 0.583. The van der Waals surface area contributed by atoms with Crippen molar-refractivity contribution in [1.29, 1.82) is 0 Å². The van der Waals surface area contributed by atoms with Crippen molar-refractivity contribution in [3.63, 3.8) is 0 Å². The van der Waals surface area contributed by atoms with Crippen LogP contribution in [0.2, 0.25) is 0 Å². The van der Waals surface area contributed by atoms with Crippen LogP contribution >= 0.6 is 23.5 Å². The zero-order valence-corrected chi connectivity index (χ0v) is 13.1. The highest BCUT2D eigenvalue weighted by Crippen LogP contribution is 2.26. The highest BCUT2D eigenvalue weighted by Gasteiger charge is 2.19. The molecule has 19 heavy (non-hydrogen) atoms. The van der Waals surface area contributed by atoms with Gasteiger partial charge in [0.1, 0.15) is 5.76 Å². The van der Waals surface area contributed by atoms with Crippen molar-refractivity contribution in [2.75, 3.05) is 6.26 Å². The molecule has 104 valence electrons. The summed E-state index contributed by atoms with van der Waals surface area (Å²) < 4.78 is 11.2. The molecule has 0 saturated carbocycles. The second-order valence-electron chi connectivity index (χ2n) is 5.05. The third kappa shape index (κ3) is 4.01. The van der Waals surface area contributed by atoms with Crippen LogP contribution in [-0.2, 0) is 16.9 Å². The van der Waals surface area contributed by atoms with Gasteiger partial charge in [-0.25, -0.2) is 4.98 Å². The van der Waals surface area contributed by atoms with Gasteiger partial charge < -0.3 is 8.83 Å². The molecule has 0 aliphatic carbocycles. The van der Waals surface area contributed by atoms with Crippen LogP contribution in [0.5, 0.6) is 0 Å². The number of rotatable bonds is 5. The molecular formula is C12H17N3O2S2. The van der Waals surface area contributed by atoms with Crippen molar-refractivity contribution in [2.24, 2.45) is 0 Å². The Bertz CT molecular complexity index is 531. The standard InChI is InChI=1S/C12H17N3O2S2/c1-12(2,3)8-5-13-9(16-8)7-19-11-15-14-10(17-11)6-18-4/h5H,6-7H2,1-4H3. The number of oxazole rings is 1. The fourth-order valence-corrected chi connectivity index (χ4v) is 2.32. The highest BCUT2D eigenvalue weighted by molar-refractivity contribution is 7.98. The molecule has 2 heterocycles. The van der Waals surface area contributed by atoms with Crippen LogP contribution in [0.3, 0.4) is 0 Å². The van der Waals surface area contributed by atoms with Gasteiger partial charge >= 0.3 is 0 Å². The predicted molar refractivity (Wildman–Crippen MR) is 76.3 cm³/mol. The molecule has 0 aliphatic heterocycles. The molecule has 2 aromatic rings. The smallest absolute Gasteiger partial charge is 0.277 e. The van der Waals surface area contributed by atoms with Gasteiger partial charge in [0.2, 0.25) is 11.8 Å². The largest absolute Gasteiger partial charge is 0.444 e. The number of aromatic nitrogens is 3. The van der Waals surface area contributed by atoms with E-state index in [9.17, 15) is 0 Å². The lowest BCUT2D eigenvalue weighted by atomic mass is 9.94. The van der Waals surface area contributed by atoms with Crippen molar-refractivity contribution < 1.29 is 8.83 Å². The van der Waals surface area contributed by atoms with Gasteiger partial charge in [-0.1, -0.05) is 32.5 Å². The Hall–Kier alpha value is -0.950. The summed E-state index contributed by atoms with van der Waals surface area (Å²) in [6, 6.07) is 0. The number of hydrogen-bond donors (Lipinski definition) is 0. The first kappa shape index (κ1) is 14.5. The van der Waals surface area contributed by atoms with Crippen molar-refractivity contribution >= 4 is 23.5 Å². The van der Waals surface area contributed by atoms with Gasteiger partial charge in [0.25, 0.3) is 5.22 Å². The molecule has 0 amide bonds. The number of thioether (sulfide) groups is 2. The molecular weight excluding hydrogens is 282 g/mol. The van der Waals surface area contributed by atoms with E-state index < -0.39 is 0 Å². The third-order valence-electron chi connectivity index (χ3n) is 2.33. The van der Waals surface area contributed by atoms with E-state index in [-0.39, 0.29) is 5.41 Å². The fourth-order valence-electron chi connectivity index (χ4n) is 1.33. The first-order chi connectivity index (χ1) is 8.99. The summed E-state index contributed by atoms with van der Waals surface area (Å²) in [5.74, 6) is 3.55. The van der Waals surface area contributed by atoms with Crippen molar-refractivity contribution in [3.05, 3.63) is 23.7 Å². The summed E-state index contributed by atoms with van der Waals surface area (Å²) >= 11 is 3.09. The van der Waals surface area contributed by atoms with Gasteiger partial charge in [0.05, 0.1) is 17.7 Å². The predicted octanol–water partition coefficient (Wildman–Crippen LogP) is 3.51. The van der Waals surface area contributed by atoms with Gasteiger partial charge in [-0.2, -0.15) is 11.8 Å². The maximum atomic E-state index is 5.70. The van der Waals surface area contributed by atoms with E-state index in [1.54, 1.807) is 18.0 Å². The van der Waals surface area contributed by atoms with Crippen LogP contribution in [0.25, 0.3) is 0 Å². The van der Waals surface area contributed by atoms with Crippen LogP contribution in [0, 0.1) is 0 Å². The van der Waals surface area contributed by atoms with Crippen LogP contribution in [0.15, 0.2) is 20.3 Å². The molecule has 0 N–H and O–H groups in total. The van der Waals surface area contributed by atoms with Crippen LogP contribution in [-0.4, -0.2) is 21.4 Å². The van der Waals surface area contributed by atoms with Crippen LogP contribution < -0.4 is 0 Å². The molecule has 0 radical (unpaired) electrons. The van der Waals surface area contributed by atoms with E-state index in [2.05, 4.69) is 36.0 Å². The summed E-state index contributed by atoms with van der Waals surface area (Å²) in [5.41, 5.74) is -0.0219. The van der Waals surface area contributed by atoms with Crippen LogP contribution in [0.4, 0.5) is 0 Å². The first-order valence-corrected chi connectivity index (χ1v) is 8.26. The molecule has 0 atom stereocenters. The molecule has 0 aliphatic rings. The molecule has 2 rings (SSSR count). The summed E-state index contributed by atoms with van der Waals surface area (Å²) in [7, 11) is 0. The Labute approximate surface area is 121 Å². The average Bonchev–Trinajstić information content (AvgIpc) is 2.94. The van der Waals surface area contributed by atoms with E-state index in [1.807, 2.05) is 6.26 Å². The summed E-state index contributed by atoms with van der Waals surface area (Å²) in [6.07, 6.45) is 3.78. The lowest BCUT2D eigenvalue weighted by Crippen LogP contribution is -2.09. The third-order valence-corrected chi connectivity index (χ3v) is 3.67. The lowest BCUT2D eigenvalue weighted by Gasteiger charge is -2.12. The SMILES string of the molecule is CSCc1nnc(SCc2ncc(C(C)(C)C)o2)o1. The Kier molecular flexibility index (Phi) is 4.57. The molecule has 5 nitrogen and oxygen atoms in total. The average molecular weight is 299 g/mol. The summed E-state index contributed by atoms with van der Waals surface area (Å²) in [6.45, 7) is 6.28. The molecule has 0 saturated heterocycles. The van der Waals surface area contributed by atoms with Crippen LogP contribution in [0.1, 0.15) is 38.3 Å². The zero-order chi connectivity index (χ0) is 13.9. The normalized spacial score (nSPS) is 12.0. The Morgan fingerprint density at radius 1 is 1.11 bits per heavy atom. The second kappa shape index (κ2) is 6.00. The van der Waals surface area contributed by atoms with Crippen molar-refractivity contribution in [1.82, 2.24) is 15.2 Å². The van der Waals surface area contributed by atoms with Crippen molar-refractivity contribution in [2.45, 2.75) is 42.9 Å². The second-order valence-corrected chi connectivity index (χ2v) is 6.84. The Morgan fingerprint density at radius 2 is 1.89 bits per heavy atom. The minimum Gasteiger partial charge on any atom is -0.444 e. The van der Waals surface area contributed by atoms with E-state index in [4.69, 9.17) is 8.83 Å². The molecule has 2 aromatic heterocycles. The van der Waals surface area contributed by atoms with Gasteiger partial charge in [-0.3, -0.25) is 0 Å². The monoisotopic (exact) mass is 299 g/mol. The quantitative estimate of drug-likeness (QED) is 0.783. The van der Waals surface area contributed by atoms with Gasteiger partial charge in [-0.15, -0.1) is 10.2 Å². The van der Waals surface area contributed by atoms with Crippen molar-refractivity contribution in [3.8, 4) is 0 Å².